The molecule has 0 aromatic rings. The maximum Gasteiger partial charge on any atom is 0.254 e. The normalized spacial score (nSPS) is 46.4. The summed E-state index contributed by atoms with van der Waals surface area (Å²) in [6, 6.07) is 0. The summed E-state index contributed by atoms with van der Waals surface area (Å²) >= 11 is 0. The highest BCUT2D eigenvalue weighted by Crippen LogP contribution is 2.66. The minimum absolute atomic E-state index is 0.0868. The second-order valence-electron chi connectivity index (χ2n) is 5.51. The predicted molar refractivity (Wildman–Crippen MR) is 54.8 cm³/mol. The van der Waals surface area contributed by atoms with Gasteiger partial charge in [-0.1, -0.05) is 13.8 Å². The van der Waals surface area contributed by atoms with Gasteiger partial charge >= 0.3 is 0 Å². The van der Waals surface area contributed by atoms with Crippen molar-refractivity contribution >= 4 is 15.7 Å². The van der Waals surface area contributed by atoms with Gasteiger partial charge in [0.25, 0.3) is 10.0 Å². The summed E-state index contributed by atoms with van der Waals surface area (Å²) in [5, 5.41) is 0. The lowest BCUT2D eigenvalue weighted by molar-refractivity contribution is 0.198. The van der Waals surface area contributed by atoms with Crippen LogP contribution in [0.15, 0.2) is 4.40 Å². The molecule has 0 radical (unpaired) electrons. The van der Waals surface area contributed by atoms with E-state index in [0.717, 1.165) is 18.6 Å². The van der Waals surface area contributed by atoms with Gasteiger partial charge in [-0.05, 0) is 30.6 Å². The molecule has 1 heterocycles. The molecule has 1 spiro atoms. The summed E-state index contributed by atoms with van der Waals surface area (Å²) in [5.74, 6) is 0.940. The van der Waals surface area contributed by atoms with Gasteiger partial charge < -0.3 is 0 Å². The summed E-state index contributed by atoms with van der Waals surface area (Å²) in [6.45, 7) is 4.43. The van der Waals surface area contributed by atoms with Crippen molar-refractivity contribution < 1.29 is 8.42 Å². The van der Waals surface area contributed by atoms with Crippen LogP contribution in [-0.2, 0) is 10.0 Å². The molecule has 2 fully saturated rings. The zero-order valence-corrected chi connectivity index (χ0v) is 9.39. The van der Waals surface area contributed by atoms with Crippen LogP contribution in [0.1, 0.15) is 33.1 Å². The van der Waals surface area contributed by atoms with E-state index in [-0.39, 0.29) is 16.6 Å². The molecular formula is C10H15NO2S. The van der Waals surface area contributed by atoms with Crippen molar-refractivity contribution in [2.24, 2.45) is 21.1 Å². The molecule has 2 unspecified atom stereocenters. The highest BCUT2D eigenvalue weighted by molar-refractivity contribution is 7.90. The number of fused-ring (bicyclic) bond motifs is 1. The zero-order chi connectivity index (χ0) is 10.2. The van der Waals surface area contributed by atoms with E-state index in [0.29, 0.717) is 5.92 Å². The lowest BCUT2D eigenvalue weighted by atomic mass is 9.70. The van der Waals surface area contributed by atoms with Crippen LogP contribution in [0.5, 0.6) is 0 Å². The number of hydrogen-bond donors (Lipinski definition) is 0. The predicted octanol–water partition coefficient (Wildman–Crippen LogP) is 1.60. The highest BCUT2D eigenvalue weighted by Gasteiger charge is 2.66. The van der Waals surface area contributed by atoms with Crippen molar-refractivity contribution in [3.63, 3.8) is 0 Å². The first-order valence-corrected chi connectivity index (χ1v) is 6.80. The van der Waals surface area contributed by atoms with Crippen molar-refractivity contribution in [1.29, 1.82) is 0 Å². The summed E-state index contributed by atoms with van der Waals surface area (Å²) in [7, 11) is -3.13. The monoisotopic (exact) mass is 213 g/mol. The Labute approximate surface area is 84.7 Å². The van der Waals surface area contributed by atoms with Crippen LogP contribution in [0.4, 0.5) is 0 Å². The lowest BCUT2D eigenvalue weighted by Gasteiger charge is -2.34. The number of rotatable bonds is 0. The molecule has 3 aliphatic rings. The second-order valence-corrected chi connectivity index (χ2v) is 7.14. The third kappa shape index (κ3) is 0.757. The number of nitrogens with zero attached hydrogens (tertiary/aromatic N) is 1. The molecule has 0 amide bonds. The maximum absolute atomic E-state index is 11.5. The molecule has 2 atom stereocenters. The van der Waals surface area contributed by atoms with E-state index < -0.39 is 10.0 Å². The van der Waals surface area contributed by atoms with Gasteiger partial charge in [-0.25, -0.2) is 8.42 Å². The smallest absolute Gasteiger partial charge is 0.205 e. The van der Waals surface area contributed by atoms with E-state index in [2.05, 4.69) is 18.2 Å². The molecule has 4 heteroatoms. The molecule has 2 aliphatic carbocycles. The number of hydrogen-bond acceptors (Lipinski definition) is 2. The van der Waals surface area contributed by atoms with E-state index in [1.165, 1.54) is 6.42 Å². The van der Waals surface area contributed by atoms with Crippen molar-refractivity contribution in [3.05, 3.63) is 0 Å². The Hall–Kier alpha value is -0.380. The first-order valence-electron chi connectivity index (χ1n) is 5.19. The second kappa shape index (κ2) is 2.08. The van der Waals surface area contributed by atoms with Crippen molar-refractivity contribution in [2.75, 3.05) is 5.75 Å². The van der Waals surface area contributed by atoms with Crippen LogP contribution in [0.25, 0.3) is 0 Å². The molecule has 0 aromatic heterocycles. The van der Waals surface area contributed by atoms with E-state index in [4.69, 9.17) is 0 Å². The average molecular weight is 213 g/mol. The van der Waals surface area contributed by atoms with Gasteiger partial charge in [0.2, 0.25) is 0 Å². The minimum atomic E-state index is -3.13. The molecule has 2 bridgehead atoms. The average Bonchev–Trinajstić information content (AvgIpc) is 2.50. The first kappa shape index (κ1) is 8.89. The highest BCUT2D eigenvalue weighted by atomic mass is 32.2. The van der Waals surface area contributed by atoms with Gasteiger partial charge in [-0.3, -0.25) is 0 Å². The zero-order valence-electron chi connectivity index (χ0n) is 8.58. The van der Waals surface area contributed by atoms with Gasteiger partial charge in [-0.2, -0.15) is 4.40 Å². The molecular weight excluding hydrogens is 198 g/mol. The van der Waals surface area contributed by atoms with E-state index >= 15 is 0 Å². The van der Waals surface area contributed by atoms with Crippen LogP contribution in [0, 0.1) is 16.7 Å². The standard InChI is InChI=1S/C10H15NO2S/c1-9(2)7-3-4-10(9)6-14(12,13)11-8(10)5-7/h7H,3-6H2,1-2H3. The Kier molecular flexibility index (Phi) is 1.32. The molecule has 14 heavy (non-hydrogen) atoms. The molecule has 78 valence electrons. The van der Waals surface area contributed by atoms with Gasteiger partial charge in [0.05, 0.1) is 5.75 Å². The Balaban J connectivity index is 2.22. The van der Waals surface area contributed by atoms with Gasteiger partial charge in [0.15, 0.2) is 0 Å². The van der Waals surface area contributed by atoms with Crippen molar-refractivity contribution in [1.82, 2.24) is 0 Å². The van der Waals surface area contributed by atoms with Gasteiger partial charge in [0, 0.05) is 11.1 Å². The van der Waals surface area contributed by atoms with Crippen LogP contribution in [0.3, 0.4) is 0 Å². The summed E-state index contributed by atoms with van der Waals surface area (Å²) in [4.78, 5) is 0. The van der Waals surface area contributed by atoms with Crippen LogP contribution in [-0.4, -0.2) is 19.9 Å². The third-order valence-corrected chi connectivity index (χ3v) is 6.20. The van der Waals surface area contributed by atoms with E-state index in [1.54, 1.807) is 0 Å². The van der Waals surface area contributed by atoms with Crippen molar-refractivity contribution in [2.45, 2.75) is 33.1 Å². The first-order chi connectivity index (χ1) is 6.37. The lowest BCUT2D eigenvalue weighted by Crippen LogP contribution is -2.37. The topological polar surface area (TPSA) is 46.5 Å². The molecule has 3 rings (SSSR count). The molecule has 0 aromatic carbocycles. The van der Waals surface area contributed by atoms with Crippen LogP contribution in [0.2, 0.25) is 0 Å². The maximum atomic E-state index is 11.5. The summed E-state index contributed by atoms with van der Waals surface area (Å²) in [6.07, 6.45) is 3.14. The molecule has 0 N–H and O–H groups in total. The molecule has 3 nitrogen and oxygen atoms in total. The molecule has 2 saturated carbocycles. The largest absolute Gasteiger partial charge is 0.254 e. The Morgan fingerprint density at radius 3 is 2.71 bits per heavy atom. The quantitative estimate of drug-likeness (QED) is 0.613. The fraction of sp³-hybridized carbons (Fsp3) is 0.900. The molecule has 1 aliphatic heterocycles. The third-order valence-electron chi connectivity index (χ3n) is 4.84. The van der Waals surface area contributed by atoms with E-state index in [1.807, 2.05) is 0 Å². The van der Waals surface area contributed by atoms with Crippen molar-refractivity contribution in [3.8, 4) is 0 Å². The van der Waals surface area contributed by atoms with E-state index in [9.17, 15) is 8.42 Å². The fourth-order valence-corrected chi connectivity index (χ4v) is 5.73. The van der Waals surface area contributed by atoms with Gasteiger partial charge in [0.1, 0.15) is 0 Å². The van der Waals surface area contributed by atoms with Crippen LogP contribution < -0.4 is 0 Å². The summed E-state index contributed by atoms with van der Waals surface area (Å²) < 4.78 is 27.0. The van der Waals surface area contributed by atoms with Crippen LogP contribution >= 0.6 is 0 Å². The molecule has 0 saturated heterocycles. The Morgan fingerprint density at radius 2 is 2.14 bits per heavy atom. The Bertz CT molecular complexity index is 435. The summed E-state index contributed by atoms with van der Waals surface area (Å²) in [5.41, 5.74) is 1.05. The Morgan fingerprint density at radius 1 is 1.43 bits per heavy atom. The fourth-order valence-electron chi connectivity index (χ4n) is 3.77. The SMILES string of the molecule is CC1(C)C2CCC13CS(=O)(=O)N=C3C2. The van der Waals surface area contributed by atoms with Gasteiger partial charge in [-0.15, -0.1) is 0 Å². The number of sulfonamides is 1. The minimum Gasteiger partial charge on any atom is -0.205 e.